The van der Waals surface area contributed by atoms with Gasteiger partial charge in [0.05, 0.1) is 6.61 Å². The van der Waals surface area contributed by atoms with Crippen LogP contribution in [0.25, 0.3) is 11.4 Å². The third-order valence-electron chi connectivity index (χ3n) is 4.23. The highest BCUT2D eigenvalue weighted by Gasteiger charge is 2.14. The van der Waals surface area contributed by atoms with E-state index in [4.69, 9.17) is 16.3 Å². The molecule has 0 radical (unpaired) electrons. The molecule has 6 heteroatoms. The van der Waals surface area contributed by atoms with Crippen LogP contribution in [0.1, 0.15) is 32.3 Å². The molecule has 0 spiro atoms. The van der Waals surface area contributed by atoms with E-state index < -0.39 is 0 Å². The van der Waals surface area contributed by atoms with Gasteiger partial charge < -0.3 is 9.30 Å². The molecule has 0 amide bonds. The Morgan fingerprint density at radius 2 is 1.81 bits per heavy atom. The maximum Gasteiger partial charge on any atom is 0.191 e. The topological polar surface area (TPSA) is 39.9 Å². The zero-order chi connectivity index (χ0) is 19.1. The van der Waals surface area contributed by atoms with Crippen LogP contribution in [0, 0.1) is 0 Å². The van der Waals surface area contributed by atoms with Gasteiger partial charge in [-0.3, -0.25) is 0 Å². The molecule has 1 aromatic heterocycles. The number of halogens is 1. The molecule has 0 unspecified atom stereocenters. The normalized spacial score (nSPS) is 10.9. The Bertz CT molecular complexity index is 864. The molecule has 3 aromatic rings. The fraction of sp³-hybridized carbons (Fsp3) is 0.333. The summed E-state index contributed by atoms with van der Waals surface area (Å²) in [5.74, 6) is 2.53. The summed E-state index contributed by atoms with van der Waals surface area (Å²) in [5, 5.41) is 10.5. The van der Waals surface area contributed by atoms with Crippen molar-refractivity contribution in [3.63, 3.8) is 0 Å². The van der Waals surface area contributed by atoms with E-state index in [9.17, 15) is 0 Å². The molecule has 27 heavy (non-hydrogen) atoms. The highest BCUT2D eigenvalue weighted by molar-refractivity contribution is 7.98. The average molecular weight is 402 g/mol. The van der Waals surface area contributed by atoms with Gasteiger partial charge in [-0.25, -0.2) is 0 Å². The second-order valence-electron chi connectivity index (χ2n) is 6.16. The van der Waals surface area contributed by atoms with Crippen LogP contribution in [-0.2, 0) is 12.3 Å². The lowest BCUT2D eigenvalue weighted by Crippen LogP contribution is -2.00. The first-order chi connectivity index (χ1) is 13.2. The number of unbranched alkanes of at least 4 members (excludes halogenated alkanes) is 1. The van der Waals surface area contributed by atoms with Crippen LogP contribution in [0.5, 0.6) is 5.75 Å². The summed E-state index contributed by atoms with van der Waals surface area (Å²) in [6.45, 7) is 5.83. The number of ether oxygens (including phenoxy) is 1. The molecule has 1 heterocycles. The van der Waals surface area contributed by atoms with Crippen molar-refractivity contribution in [3.05, 3.63) is 59.1 Å². The summed E-state index contributed by atoms with van der Waals surface area (Å²) in [7, 11) is 0. The Morgan fingerprint density at radius 1 is 1.04 bits per heavy atom. The lowest BCUT2D eigenvalue weighted by atomic mass is 10.2. The number of aromatic nitrogens is 3. The van der Waals surface area contributed by atoms with Crippen molar-refractivity contribution in [3.8, 4) is 17.1 Å². The van der Waals surface area contributed by atoms with Crippen LogP contribution in [0.2, 0.25) is 5.02 Å². The van der Waals surface area contributed by atoms with Crippen molar-refractivity contribution < 1.29 is 4.74 Å². The highest BCUT2D eigenvalue weighted by Crippen LogP contribution is 2.29. The van der Waals surface area contributed by atoms with Gasteiger partial charge in [0.2, 0.25) is 0 Å². The van der Waals surface area contributed by atoms with Crippen LogP contribution in [0.3, 0.4) is 0 Å². The second-order valence-corrected chi connectivity index (χ2v) is 7.51. The standard InChI is InChI=1S/C21H24ClN3OS/c1-3-5-14-26-18-12-10-16(11-13-18)20-23-24-21(25(20)4-2)27-15-17-8-6-7-9-19(17)22/h6-13H,3-5,14-15H2,1-2H3. The van der Waals surface area contributed by atoms with E-state index in [0.717, 1.165) is 64.6 Å². The SMILES string of the molecule is CCCCOc1ccc(-c2nnc(SCc3ccccc3Cl)n2CC)cc1. The minimum atomic E-state index is 0.754. The fourth-order valence-corrected chi connectivity index (χ4v) is 3.97. The van der Waals surface area contributed by atoms with Gasteiger partial charge in [-0.05, 0) is 49.2 Å². The van der Waals surface area contributed by atoms with Crippen LogP contribution >= 0.6 is 23.4 Å². The van der Waals surface area contributed by atoms with E-state index in [1.54, 1.807) is 11.8 Å². The van der Waals surface area contributed by atoms with Crippen LogP contribution in [0.15, 0.2) is 53.7 Å². The predicted molar refractivity (Wildman–Crippen MR) is 113 cm³/mol. The van der Waals surface area contributed by atoms with Gasteiger partial charge in [-0.1, -0.05) is 54.9 Å². The maximum atomic E-state index is 6.26. The monoisotopic (exact) mass is 401 g/mol. The number of rotatable bonds is 9. The van der Waals surface area contributed by atoms with Crippen molar-refractivity contribution >= 4 is 23.4 Å². The summed E-state index contributed by atoms with van der Waals surface area (Å²) >= 11 is 7.91. The number of nitrogens with zero attached hydrogens (tertiary/aromatic N) is 3. The van der Waals surface area contributed by atoms with Gasteiger partial charge in [0, 0.05) is 22.9 Å². The summed E-state index contributed by atoms with van der Waals surface area (Å²) in [5.41, 5.74) is 2.14. The van der Waals surface area contributed by atoms with Gasteiger partial charge in [0.1, 0.15) is 5.75 Å². The number of benzene rings is 2. The van der Waals surface area contributed by atoms with Gasteiger partial charge in [0.25, 0.3) is 0 Å². The zero-order valence-electron chi connectivity index (χ0n) is 15.7. The van der Waals surface area contributed by atoms with Crippen molar-refractivity contribution in [1.82, 2.24) is 14.8 Å². The zero-order valence-corrected chi connectivity index (χ0v) is 17.3. The second kappa shape index (κ2) is 9.81. The molecule has 0 atom stereocenters. The molecule has 0 aliphatic rings. The molecule has 3 rings (SSSR count). The first-order valence-corrected chi connectivity index (χ1v) is 10.6. The molecule has 0 fully saturated rings. The summed E-state index contributed by atoms with van der Waals surface area (Å²) in [6.07, 6.45) is 2.20. The fourth-order valence-electron chi connectivity index (χ4n) is 2.69. The molecule has 0 N–H and O–H groups in total. The molecular weight excluding hydrogens is 378 g/mol. The van der Waals surface area contributed by atoms with E-state index in [2.05, 4.69) is 28.6 Å². The Balaban J connectivity index is 1.72. The summed E-state index contributed by atoms with van der Waals surface area (Å²) in [6, 6.07) is 16.0. The van der Waals surface area contributed by atoms with E-state index >= 15 is 0 Å². The smallest absolute Gasteiger partial charge is 0.191 e. The van der Waals surface area contributed by atoms with Crippen LogP contribution < -0.4 is 4.74 Å². The molecule has 2 aromatic carbocycles. The van der Waals surface area contributed by atoms with E-state index in [-0.39, 0.29) is 0 Å². The van der Waals surface area contributed by atoms with Crippen LogP contribution in [-0.4, -0.2) is 21.4 Å². The molecular formula is C21H24ClN3OS. The van der Waals surface area contributed by atoms with Crippen LogP contribution in [0.4, 0.5) is 0 Å². The maximum absolute atomic E-state index is 6.26. The Kier molecular flexibility index (Phi) is 7.18. The lowest BCUT2D eigenvalue weighted by molar-refractivity contribution is 0.309. The van der Waals surface area contributed by atoms with Crippen molar-refractivity contribution in [1.29, 1.82) is 0 Å². The Morgan fingerprint density at radius 3 is 2.52 bits per heavy atom. The lowest BCUT2D eigenvalue weighted by Gasteiger charge is -2.09. The quantitative estimate of drug-likeness (QED) is 0.321. The first-order valence-electron chi connectivity index (χ1n) is 9.25. The van der Waals surface area contributed by atoms with E-state index in [0.29, 0.717) is 0 Å². The van der Waals surface area contributed by atoms with Gasteiger partial charge in [0.15, 0.2) is 11.0 Å². The number of thioether (sulfide) groups is 1. The van der Waals surface area contributed by atoms with Crippen molar-refractivity contribution in [2.45, 2.75) is 44.1 Å². The third-order valence-corrected chi connectivity index (χ3v) is 5.61. The number of hydrogen-bond acceptors (Lipinski definition) is 4. The molecule has 0 aliphatic carbocycles. The summed E-state index contributed by atoms with van der Waals surface area (Å²) < 4.78 is 7.87. The first kappa shape index (κ1) is 19.8. The van der Waals surface area contributed by atoms with E-state index in [1.165, 1.54) is 0 Å². The van der Waals surface area contributed by atoms with Gasteiger partial charge >= 0.3 is 0 Å². The largest absolute Gasteiger partial charge is 0.494 e. The third kappa shape index (κ3) is 5.05. The highest BCUT2D eigenvalue weighted by atomic mass is 35.5. The molecule has 0 bridgehead atoms. The Hall–Kier alpha value is -1.98. The predicted octanol–water partition coefficient (Wildman–Crippen LogP) is 6.09. The molecule has 142 valence electrons. The molecule has 0 saturated carbocycles. The minimum Gasteiger partial charge on any atom is -0.494 e. The van der Waals surface area contributed by atoms with Crippen molar-refractivity contribution in [2.24, 2.45) is 0 Å². The molecule has 0 saturated heterocycles. The average Bonchev–Trinajstić information content (AvgIpc) is 3.11. The summed E-state index contributed by atoms with van der Waals surface area (Å²) in [4.78, 5) is 0. The van der Waals surface area contributed by atoms with E-state index in [1.807, 2.05) is 48.5 Å². The minimum absolute atomic E-state index is 0.754. The van der Waals surface area contributed by atoms with Gasteiger partial charge in [-0.15, -0.1) is 10.2 Å². The Labute approximate surface area is 169 Å². The van der Waals surface area contributed by atoms with Crippen molar-refractivity contribution in [2.75, 3.05) is 6.61 Å². The molecule has 4 nitrogen and oxygen atoms in total. The van der Waals surface area contributed by atoms with Gasteiger partial charge in [-0.2, -0.15) is 0 Å². The number of hydrogen-bond donors (Lipinski definition) is 0. The molecule has 0 aliphatic heterocycles.